The summed E-state index contributed by atoms with van der Waals surface area (Å²) in [7, 11) is 0. The van der Waals surface area contributed by atoms with Crippen LogP contribution in [-0.4, -0.2) is 42.9 Å². The molecule has 2 saturated carbocycles. The standard InChI is InChI=1S/C20H29ClN2O4/c1-13(23-14(2)24)10-25-16-8-15(9-16)11-26-19-18(21)17(4-7-22-19)27-12-20(3)5-6-20/h4,7,13,15-16H,5-6,8-12H2,1-3H3,(H,23,24)/t13-,15?,16?/m0/s1. The summed E-state index contributed by atoms with van der Waals surface area (Å²) in [5.41, 5.74) is 0.298. The van der Waals surface area contributed by atoms with Crippen LogP contribution in [0.5, 0.6) is 11.6 Å². The summed E-state index contributed by atoms with van der Waals surface area (Å²) in [5, 5.41) is 3.26. The molecular formula is C20H29ClN2O4. The fourth-order valence-electron chi connectivity index (χ4n) is 3.04. The number of nitrogens with zero attached hydrogens (tertiary/aromatic N) is 1. The van der Waals surface area contributed by atoms with E-state index in [2.05, 4.69) is 17.2 Å². The highest BCUT2D eigenvalue weighted by Gasteiger charge is 2.38. The Hall–Kier alpha value is -1.53. The quantitative estimate of drug-likeness (QED) is 0.654. The fraction of sp³-hybridized carbons (Fsp3) is 0.700. The van der Waals surface area contributed by atoms with Crippen molar-refractivity contribution in [2.75, 3.05) is 19.8 Å². The van der Waals surface area contributed by atoms with Crippen LogP contribution in [0.3, 0.4) is 0 Å². The molecule has 3 rings (SSSR count). The number of hydrogen-bond acceptors (Lipinski definition) is 5. The number of carbonyl (C=O) groups excluding carboxylic acids is 1. The first-order valence-electron chi connectivity index (χ1n) is 9.63. The molecule has 1 atom stereocenters. The Bertz CT molecular complexity index is 659. The summed E-state index contributed by atoms with van der Waals surface area (Å²) in [6.45, 7) is 7.43. The molecule has 150 valence electrons. The number of carbonyl (C=O) groups is 1. The highest BCUT2D eigenvalue weighted by atomic mass is 35.5. The van der Waals surface area contributed by atoms with Crippen molar-refractivity contribution in [2.45, 2.75) is 58.6 Å². The van der Waals surface area contributed by atoms with E-state index in [0.717, 1.165) is 12.8 Å². The third-order valence-corrected chi connectivity index (χ3v) is 5.53. The molecule has 1 heterocycles. The number of aromatic nitrogens is 1. The molecule has 0 saturated heterocycles. The molecule has 0 bridgehead atoms. The number of halogens is 1. The molecule has 0 unspecified atom stereocenters. The number of amides is 1. The summed E-state index contributed by atoms with van der Waals surface area (Å²) >= 11 is 6.39. The van der Waals surface area contributed by atoms with Crippen LogP contribution < -0.4 is 14.8 Å². The third kappa shape index (κ3) is 5.98. The van der Waals surface area contributed by atoms with Crippen LogP contribution in [0.1, 0.15) is 46.5 Å². The molecule has 1 aromatic rings. The first kappa shape index (κ1) is 20.2. The summed E-state index contributed by atoms with van der Waals surface area (Å²) in [6.07, 6.45) is 6.19. The summed E-state index contributed by atoms with van der Waals surface area (Å²) < 4.78 is 17.5. The van der Waals surface area contributed by atoms with Crippen LogP contribution in [0.25, 0.3) is 0 Å². The Kier molecular flexibility index (Phi) is 6.48. The summed E-state index contributed by atoms with van der Waals surface area (Å²) in [4.78, 5) is 15.2. The molecule has 27 heavy (non-hydrogen) atoms. The minimum absolute atomic E-state index is 0.0291. The van der Waals surface area contributed by atoms with Crippen LogP contribution in [0.15, 0.2) is 12.3 Å². The Balaban J connectivity index is 1.37. The average Bonchev–Trinajstić information content (AvgIpc) is 3.30. The van der Waals surface area contributed by atoms with Gasteiger partial charge in [0.05, 0.1) is 25.9 Å². The Morgan fingerprint density at radius 1 is 1.41 bits per heavy atom. The highest BCUT2D eigenvalue weighted by molar-refractivity contribution is 6.33. The summed E-state index contributed by atoms with van der Waals surface area (Å²) in [5.74, 6) is 1.46. The van der Waals surface area contributed by atoms with Crippen molar-refractivity contribution in [1.82, 2.24) is 10.3 Å². The van der Waals surface area contributed by atoms with Crippen LogP contribution in [0.4, 0.5) is 0 Å². The Labute approximate surface area is 165 Å². The maximum absolute atomic E-state index is 11.0. The molecule has 0 aromatic carbocycles. The second-order valence-corrected chi connectivity index (χ2v) is 8.61. The van der Waals surface area contributed by atoms with Crippen molar-refractivity contribution < 1.29 is 19.0 Å². The van der Waals surface area contributed by atoms with E-state index in [1.807, 2.05) is 6.92 Å². The number of nitrogens with one attached hydrogen (secondary N) is 1. The Morgan fingerprint density at radius 3 is 2.81 bits per heavy atom. The van der Waals surface area contributed by atoms with Crippen LogP contribution >= 0.6 is 11.6 Å². The monoisotopic (exact) mass is 396 g/mol. The number of ether oxygens (including phenoxy) is 3. The third-order valence-electron chi connectivity index (χ3n) is 5.18. The van der Waals surface area contributed by atoms with Crippen molar-refractivity contribution in [2.24, 2.45) is 11.3 Å². The zero-order valence-corrected chi connectivity index (χ0v) is 17.1. The van der Waals surface area contributed by atoms with Gasteiger partial charge in [0.25, 0.3) is 0 Å². The van der Waals surface area contributed by atoms with Gasteiger partial charge in [0.15, 0.2) is 0 Å². The Morgan fingerprint density at radius 2 is 2.15 bits per heavy atom. The maximum atomic E-state index is 11.0. The van der Waals surface area contributed by atoms with Crippen molar-refractivity contribution >= 4 is 17.5 Å². The molecule has 6 nitrogen and oxygen atoms in total. The number of rotatable bonds is 10. The van der Waals surface area contributed by atoms with E-state index in [4.69, 9.17) is 25.8 Å². The van der Waals surface area contributed by atoms with Gasteiger partial charge >= 0.3 is 0 Å². The molecule has 2 aliphatic rings. The minimum Gasteiger partial charge on any atom is -0.491 e. The van der Waals surface area contributed by atoms with E-state index in [-0.39, 0.29) is 18.1 Å². The van der Waals surface area contributed by atoms with Gasteiger partial charge in [-0.3, -0.25) is 4.79 Å². The van der Waals surface area contributed by atoms with E-state index >= 15 is 0 Å². The zero-order chi connectivity index (χ0) is 19.4. The second kappa shape index (κ2) is 8.65. The number of pyridine rings is 1. The molecule has 0 aliphatic heterocycles. The minimum atomic E-state index is -0.0344. The van der Waals surface area contributed by atoms with Gasteiger partial charge in [-0.25, -0.2) is 4.98 Å². The lowest BCUT2D eigenvalue weighted by atomic mass is 9.83. The molecule has 7 heteroatoms. The molecule has 1 amide bonds. The lowest BCUT2D eigenvalue weighted by Crippen LogP contribution is -2.40. The van der Waals surface area contributed by atoms with Gasteiger partial charge in [-0.1, -0.05) is 18.5 Å². The first-order valence-corrected chi connectivity index (χ1v) is 10.0. The summed E-state index contributed by atoms with van der Waals surface area (Å²) in [6, 6.07) is 1.81. The predicted molar refractivity (Wildman–Crippen MR) is 103 cm³/mol. The van der Waals surface area contributed by atoms with Gasteiger partial charge in [0, 0.05) is 30.6 Å². The van der Waals surface area contributed by atoms with Crippen molar-refractivity contribution in [1.29, 1.82) is 0 Å². The van der Waals surface area contributed by atoms with Gasteiger partial charge < -0.3 is 19.5 Å². The zero-order valence-electron chi connectivity index (χ0n) is 16.3. The van der Waals surface area contributed by atoms with Gasteiger partial charge in [0.2, 0.25) is 11.8 Å². The molecule has 1 N–H and O–H groups in total. The van der Waals surface area contributed by atoms with Crippen molar-refractivity contribution in [3.63, 3.8) is 0 Å². The molecule has 0 spiro atoms. The fourth-order valence-corrected chi connectivity index (χ4v) is 3.26. The van der Waals surface area contributed by atoms with E-state index in [0.29, 0.717) is 47.8 Å². The van der Waals surface area contributed by atoms with Crippen LogP contribution in [0, 0.1) is 11.3 Å². The molecule has 0 radical (unpaired) electrons. The predicted octanol–water partition coefficient (Wildman–Crippen LogP) is 3.61. The lowest BCUT2D eigenvalue weighted by molar-refractivity contribution is -0.120. The van der Waals surface area contributed by atoms with Crippen molar-refractivity contribution in [3.8, 4) is 11.6 Å². The van der Waals surface area contributed by atoms with Gasteiger partial charge in [0.1, 0.15) is 10.8 Å². The maximum Gasteiger partial charge on any atom is 0.236 e. The van der Waals surface area contributed by atoms with E-state index in [1.165, 1.54) is 19.8 Å². The SMILES string of the molecule is CC(=O)N[C@@H](C)COC1CC(COc2nccc(OCC3(C)CC3)c2Cl)C1. The van der Waals surface area contributed by atoms with Gasteiger partial charge in [-0.2, -0.15) is 0 Å². The topological polar surface area (TPSA) is 69.7 Å². The van der Waals surface area contributed by atoms with Gasteiger partial charge in [-0.05, 0) is 38.5 Å². The molecular weight excluding hydrogens is 368 g/mol. The lowest BCUT2D eigenvalue weighted by Gasteiger charge is -2.35. The number of hydrogen-bond donors (Lipinski definition) is 1. The molecule has 2 fully saturated rings. The largest absolute Gasteiger partial charge is 0.491 e. The van der Waals surface area contributed by atoms with E-state index in [1.54, 1.807) is 12.3 Å². The molecule has 2 aliphatic carbocycles. The second-order valence-electron chi connectivity index (χ2n) is 8.23. The smallest absolute Gasteiger partial charge is 0.236 e. The highest BCUT2D eigenvalue weighted by Crippen LogP contribution is 2.45. The van der Waals surface area contributed by atoms with E-state index < -0.39 is 0 Å². The molecule has 1 aromatic heterocycles. The van der Waals surface area contributed by atoms with Crippen LogP contribution in [-0.2, 0) is 9.53 Å². The van der Waals surface area contributed by atoms with Gasteiger partial charge in [-0.15, -0.1) is 0 Å². The van der Waals surface area contributed by atoms with Crippen LogP contribution in [0.2, 0.25) is 5.02 Å². The van der Waals surface area contributed by atoms with E-state index in [9.17, 15) is 4.79 Å². The average molecular weight is 397 g/mol. The first-order chi connectivity index (χ1) is 12.8. The van der Waals surface area contributed by atoms with Crippen molar-refractivity contribution in [3.05, 3.63) is 17.3 Å². The normalized spacial score (nSPS) is 23.9.